The molecule has 0 radical (unpaired) electrons. The Bertz CT molecular complexity index is 826. The number of halogens is 2. The molecule has 0 fully saturated rings. The predicted molar refractivity (Wildman–Crippen MR) is 100.0 cm³/mol. The smallest absolute Gasteiger partial charge is 0.328 e. The SMILES string of the molecule is COC(=O)[C@H](Cc1ccccc1C#N)NC(=O)c1cc(Br)cc(Br)c1. The Morgan fingerprint density at radius 1 is 1.20 bits per heavy atom. The number of nitriles is 1. The summed E-state index contributed by atoms with van der Waals surface area (Å²) in [5.74, 6) is -0.984. The fraction of sp³-hybridized carbons (Fsp3) is 0.167. The highest BCUT2D eigenvalue weighted by molar-refractivity contribution is 9.11. The van der Waals surface area contributed by atoms with Gasteiger partial charge in [-0.2, -0.15) is 5.26 Å². The second-order valence-electron chi connectivity index (χ2n) is 5.18. The first-order valence-corrected chi connectivity index (χ1v) is 8.86. The van der Waals surface area contributed by atoms with Crippen LogP contribution < -0.4 is 5.32 Å². The van der Waals surface area contributed by atoms with E-state index in [1.165, 1.54) is 7.11 Å². The van der Waals surface area contributed by atoms with Crippen LogP contribution in [0.25, 0.3) is 0 Å². The number of nitrogens with one attached hydrogen (secondary N) is 1. The third-order valence-electron chi connectivity index (χ3n) is 3.48. The van der Waals surface area contributed by atoms with Crippen molar-refractivity contribution in [2.24, 2.45) is 0 Å². The summed E-state index contributed by atoms with van der Waals surface area (Å²) in [5, 5.41) is 11.9. The number of amides is 1. The van der Waals surface area contributed by atoms with Crippen molar-refractivity contribution in [2.75, 3.05) is 7.11 Å². The normalized spacial score (nSPS) is 11.3. The van der Waals surface area contributed by atoms with E-state index >= 15 is 0 Å². The molecule has 2 rings (SSSR count). The maximum absolute atomic E-state index is 12.5. The molecule has 0 bridgehead atoms. The summed E-state index contributed by atoms with van der Waals surface area (Å²) in [5.41, 5.74) is 1.51. The van der Waals surface area contributed by atoms with Crippen molar-refractivity contribution in [3.05, 3.63) is 68.1 Å². The van der Waals surface area contributed by atoms with E-state index in [1.54, 1.807) is 42.5 Å². The zero-order valence-electron chi connectivity index (χ0n) is 13.3. The van der Waals surface area contributed by atoms with Crippen molar-refractivity contribution in [3.63, 3.8) is 0 Å². The van der Waals surface area contributed by atoms with Crippen molar-refractivity contribution in [1.82, 2.24) is 5.32 Å². The van der Waals surface area contributed by atoms with Gasteiger partial charge in [-0.25, -0.2) is 4.79 Å². The number of rotatable bonds is 5. The van der Waals surface area contributed by atoms with Gasteiger partial charge < -0.3 is 10.1 Å². The number of carbonyl (C=O) groups excluding carboxylic acids is 2. The van der Waals surface area contributed by atoms with Crippen LogP contribution in [0.4, 0.5) is 0 Å². The first kappa shape index (κ1) is 19.2. The molecule has 7 heteroatoms. The average Bonchev–Trinajstić information content (AvgIpc) is 2.60. The van der Waals surface area contributed by atoms with Crippen LogP contribution in [-0.4, -0.2) is 25.0 Å². The van der Waals surface area contributed by atoms with Crippen LogP contribution in [0.15, 0.2) is 51.4 Å². The van der Waals surface area contributed by atoms with E-state index < -0.39 is 17.9 Å². The highest BCUT2D eigenvalue weighted by atomic mass is 79.9. The maximum Gasteiger partial charge on any atom is 0.328 e. The lowest BCUT2D eigenvalue weighted by Crippen LogP contribution is -2.43. The second kappa shape index (κ2) is 8.79. The molecular formula is C18H14Br2N2O3. The zero-order valence-corrected chi connectivity index (χ0v) is 16.4. The van der Waals surface area contributed by atoms with Gasteiger partial charge in [-0.05, 0) is 29.8 Å². The van der Waals surface area contributed by atoms with Crippen LogP contribution in [0.3, 0.4) is 0 Å². The summed E-state index contributed by atoms with van der Waals surface area (Å²) in [6, 6.07) is 13.2. The van der Waals surface area contributed by atoms with Gasteiger partial charge in [-0.3, -0.25) is 4.79 Å². The third-order valence-corrected chi connectivity index (χ3v) is 4.39. The van der Waals surface area contributed by atoms with Crippen LogP contribution in [-0.2, 0) is 16.0 Å². The quantitative estimate of drug-likeness (QED) is 0.684. The minimum absolute atomic E-state index is 0.164. The Balaban J connectivity index is 2.25. The molecule has 0 unspecified atom stereocenters. The molecule has 1 amide bonds. The third kappa shape index (κ3) is 5.15. The summed E-state index contributed by atoms with van der Waals surface area (Å²) in [4.78, 5) is 24.6. The Morgan fingerprint density at radius 3 is 2.44 bits per heavy atom. The molecule has 0 spiro atoms. The molecule has 5 nitrogen and oxygen atoms in total. The van der Waals surface area contributed by atoms with Crippen molar-refractivity contribution in [1.29, 1.82) is 5.26 Å². The summed E-state index contributed by atoms with van der Waals surface area (Å²) in [7, 11) is 1.26. The lowest BCUT2D eigenvalue weighted by Gasteiger charge is -2.17. The van der Waals surface area contributed by atoms with Crippen molar-refractivity contribution in [3.8, 4) is 6.07 Å². The van der Waals surface area contributed by atoms with Gasteiger partial charge in [-0.15, -0.1) is 0 Å². The maximum atomic E-state index is 12.5. The van der Waals surface area contributed by atoms with Crippen LogP contribution in [0.2, 0.25) is 0 Å². The van der Waals surface area contributed by atoms with Gasteiger partial charge in [-0.1, -0.05) is 50.1 Å². The summed E-state index contributed by atoms with van der Waals surface area (Å²) in [6.07, 6.45) is 0.164. The van der Waals surface area contributed by atoms with E-state index in [4.69, 9.17) is 4.74 Å². The Hall–Kier alpha value is -2.17. The molecule has 0 saturated carbocycles. The van der Waals surface area contributed by atoms with Crippen LogP contribution in [0.1, 0.15) is 21.5 Å². The van der Waals surface area contributed by atoms with Crippen LogP contribution in [0.5, 0.6) is 0 Å². The largest absolute Gasteiger partial charge is 0.467 e. The molecule has 0 aliphatic carbocycles. The average molecular weight is 466 g/mol. The van der Waals surface area contributed by atoms with Gasteiger partial charge in [0.15, 0.2) is 0 Å². The Labute approximate surface area is 162 Å². The monoisotopic (exact) mass is 464 g/mol. The van der Waals surface area contributed by atoms with E-state index in [0.717, 1.165) is 8.95 Å². The lowest BCUT2D eigenvalue weighted by atomic mass is 10.0. The Kier molecular flexibility index (Phi) is 6.73. The number of carbonyl (C=O) groups is 2. The van der Waals surface area contributed by atoms with Gasteiger partial charge in [0.2, 0.25) is 0 Å². The second-order valence-corrected chi connectivity index (χ2v) is 7.01. The molecule has 0 aromatic heterocycles. The molecule has 0 aliphatic rings. The van der Waals surface area contributed by atoms with Gasteiger partial charge in [0.25, 0.3) is 5.91 Å². The molecule has 128 valence electrons. The number of hydrogen-bond donors (Lipinski definition) is 1. The molecule has 0 saturated heterocycles. The van der Waals surface area contributed by atoms with E-state index in [2.05, 4.69) is 43.2 Å². The van der Waals surface area contributed by atoms with Crippen LogP contribution >= 0.6 is 31.9 Å². The van der Waals surface area contributed by atoms with Crippen molar-refractivity contribution < 1.29 is 14.3 Å². The highest BCUT2D eigenvalue weighted by Gasteiger charge is 2.24. The minimum atomic E-state index is -0.898. The molecule has 0 aliphatic heterocycles. The van der Waals surface area contributed by atoms with E-state index in [-0.39, 0.29) is 6.42 Å². The number of methoxy groups -OCH3 is 1. The van der Waals surface area contributed by atoms with E-state index in [9.17, 15) is 14.9 Å². The number of nitrogens with zero attached hydrogens (tertiary/aromatic N) is 1. The molecular weight excluding hydrogens is 452 g/mol. The standard InChI is InChI=1S/C18H14Br2N2O3/c1-25-18(24)16(8-11-4-2-3-5-12(11)10-21)22-17(23)13-6-14(19)9-15(20)7-13/h2-7,9,16H,8H2,1H3,(H,22,23)/t16-/m0/s1. The molecule has 2 aromatic carbocycles. The Morgan fingerprint density at radius 2 is 1.84 bits per heavy atom. The fourth-order valence-corrected chi connectivity index (χ4v) is 3.58. The summed E-state index contributed by atoms with van der Waals surface area (Å²) >= 11 is 6.65. The first-order chi connectivity index (χ1) is 11.9. The number of esters is 1. The van der Waals surface area contributed by atoms with Gasteiger partial charge in [0.1, 0.15) is 6.04 Å². The first-order valence-electron chi connectivity index (χ1n) is 7.27. The van der Waals surface area contributed by atoms with Crippen molar-refractivity contribution >= 4 is 43.7 Å². The number of ether oxygens (including phenoxy) is 1. The fourth-order valence-electron chi connectivity index (χ4n) is 2.29. The molecule has 1 atom stereocenters. The van der Waals surface area contributed by atoms with Crippen LogP contribution in [0, 0.1) is 11.3 Å². The molecule has 0 heterocycles. The van der Waals surface area contributed by atoms with E-state index in [1.807, 2.05) is 0 Å². The highest BCUT2D eigenvalue weighted by Crippen LogP contribution is 2.20. The van der Waals surface area contributed by atoms with Crippen molar-refractivity contribution in [2.45, 2.75) is 12.5 Å². The molecule has 2 aromatic rings. The predicted octanol–water partition coefficient (Wildman–Crippen LogP) is 3.60. The minimum Gasteiger partial charge on any atom is -0.467 e. The number of hydrogen-bond acceptors (Lipinski definition) is 4. The molecule has 25 heavy (non-hydrogen) atoms. The van der Waals surface area contributed by atoms with Gasteiger partial charge in [0.05, 0.1) is 18.7 Å². The van der Waals surface area contributed by atoms with Gasteiger partial charge in [0, 0.05) is 20.9 Å². The summed E-state index contributed by atoms with van der Waals surface area (Å²) in [6.45, 7) is 0. The summed E-state index contributed by atoms with van der Waals surface area (Å²) < 4.78 is 6.25. The topological polar surface area (TPSA) is 79.2 Å². The van der Waals surface area contributed by atoms with E-state index in [0.29, 0.717) is 16.7 Å². The number of benzene rings is 2. The molecule has 1 N–H and O–H groups in total. The zero-order chi connectivity index (χ0) is 18.4. The van der Waals surface area contributed by atoms with Gasteiger partial charge >= 0.3 is 5.97 Å². The lowest BCUT2D eigenvalue weighted by molar-refractivity contribution is -0.142.